The fourth-order valence-electron chi connectivity index (χ4n) is 4.53. The molecular formula is C22H20F5N5O. The van der Waals surface area contributed by atoms with Crippen LogP contribution in [-0.2, 0) is 13.1 Å². The summed E-state index contributed by atoms with van der Waals surface area (Å²) in [4.78, 5) is 4.58. The number of nitrogens with zero attached hydrogens (tertiary/aromatic N) is 5. The van der Waals surface area contributed by atoms with Gasteiger partial charge in [0.15, 0.2) is 0 Å². The summed E-state index contributed by atoms with van der Waals surface area (Å²) in [7, 11) is 0. The molecule has 4 heterocycles. The van der Waals surface area contributed by atoms with Crippen LogP contribution in [0.5, 0.6) is 0 Å². The average molecular weight is 465 g/mol. The first kappa shape index (κ1) is 21.6. The topological polar surface area (TPSA) is 61.7 Å². The fraction of sp³-hybridized carbons (Fsp3) is 0.409. The standard InChI is InChI=1S/C22H20F5N5O/c1-12-19(13(2)33-30-12)15-3-18-20(28-6-15)17(10-31(18)8-14-4-21(23,24)5-14)16-7-29-32(9-16)11-22(25,26)27/h3,6-7,9-10,14H,4-5,8,11H2,1-2H3. The number of hydrogen-bond acceptors (Lipinski definition) is 4. The summed E-state index contributed by atoms with van der Waals surface area (Å²) in [5.74, 6) is -2.21. The van der Waals surface area contributed by atoms with Crippen LogP contribution in [0.2, 0.25) is 0 Å². The Kier molecular flexibility index (Phi) is 4.84. The molecule has 0 atom stereocenters. The van der Waals surface area contributed by atoms with E-state index in [1.807, 2.05) is 17.6 Å². The molecule has 0 radical (unpaired) electrons. The van der Waals surface area contributed by atoms with Gasteiger partial charge in [-0.25, -0.2) is 8.78 Å². The second kappa shape index (κ2) is 7.39. The number of aryl methyl sites for hydroxylation is 2. The minimum absolute atomic E-state index is 0.192. The van der Waals surface area contributed by atoms with Gasteiger partial charge in [-0.15, -0.1) is 0 Å². The van der Waals surface area contributed by atoms with E-state index in [1.165, 1.54) is 12.4 Å². The number of aromatic nitrogens is 5. The van der Waals surface area contributed by atoms with Crippen LogP contribution < -0.4 is 0 Å². The lowest BCUT2D eigenvalue weighted by Gasteiger charge is -2.35. The monoisotopic (exact) mass is 465 g/mol. The zero-order valence-electron chi connectivity index (χ0n) is 17.8. The average Bonchev–Trinajstić information content (AvgIpc) is 3.37. The summed E-state index contributed by atoms with van der Waals surface area (Å²) >= 11 is 0. The van der Waals surface area contributed by atoms with Crippen molar-refractivity contribution < 1.29 is 26.5 Å². The molecule has 0 aromatic carbocycles. The largest absolute Gasteiger partial charge is 0.408 e. The first-order valence-electron chi connectivity index (χ1n) is 10.4. The van der Waals surface area contributed by atoms with Gasteiger partial charge in [0.1, 0.15) is 12.3 Å². The summed E-state index contributed by atoms with van der Waals surface area (Å²) < 4.78 is 73.0. The van der Waals surface area contributed by atoms with Gasteiger partial charge in [-0.2, -0.15) is 18.3 Å². The van der Waals surface area contributed by atoms with Crippen LogP contribution in [0.15, 0.2) is 35.4 Å². The lowest BCUT2D eigenvalue weighted by atomic mass is 9.81. The summed E-state index contributed by atoms with van der Waals surface area (Å²) in [6, 6.07) is 1.88. The van der Waals surface area contributed by atoms with Crippen LogP contribution >= 0.6 is 0 Å². The molecule has 1 saturated carbocycles. The maximum Gasteiger partial charge on any atom is 0.408 e. The van der Waals surface area contributed by atoms with Crippen molar-refractivity contribution in [2.45, 2.75) is 51.9 Å². The number of alkyl halides is 5. The molecule has 1 aliphatic rings. The Balaban J connectivity index is 1.58. The number of rotatable bonds is 5. The van der Waals surface area contributed by atoms with E-state index in [9.17, 15) is 22.0 Å². The van der Waals surface area contributed by atoms with Crippen molar-refractivity contribution in [2.24, 2.45) is 5.92 Å². The van der Waals surface area contributed by atoms with Gasteiger partial charge in [0.25, 0.3) is 0 Å². The first-order valence-corrected chi connectivity index (χ1v) is 10.4. The summed E-state index contributed by atoms with van der Waals surface area (Å²) in [5, 5.41) is 7.79. The van der Waals surface area contributed by atoms with Crippen LogP contribution in [0.4, 0.5) is 22.0 Å². The zero-order chi connectivity index (χ0) is 23.5. The Morgan fingerprint density at radius 2 is 1.88 bits per heavy atom. The first-order chi connectivity index (χ1) is 15.5. The van der Waals surface area contributed by atoms with Gasteiger partial charge in [0.05, 0.1) is 22.9 Å². The van der Waals surface area contributed by atoms with Crippen LogP contribution in [-0.4, -0.2) is 36.6 Å². The van der Waals surface area contributed by atoms with Crippen molar-refractivity contribution in [1.29, 1.82) is 0 Å². The highest BCUT2D eigenvalue weighted by Crippen LogP contribution is 2.44. The molecule has 4 aromatic rings. The molecule has 5 rings (SSSR count). The van der Waals surface area contributed by atoms with Crippen LogP contribution in [0.1, 0.15) is 24.3 Å². The third-order valence-corrected chi connectivity index (χ3v) is 5.95. The van der Waals surface area contributed by atoms with Crippen LogP contribution in [0.25, 0.3) is 33.3 Å². The van der Waals surface area contributed by atoms with E-state index in [-0.39, 0.29) is 18.8 Å². The zero-order valence-corrected chi connectivity index (χ0v) is 17.8. The summed E-state index contributed by atoms with van der Waals surface area (Å²) in [5.41, 5.74) is 4.57. The molecule has 0 bridgehead atoms. The van der Waals surface area contributed by atoms with Gasteiger partial charge in [0.2, 0.25) is 5.92 Å². The van der Waals surface area contributed by atoms with Crippen LogP contribution in [0, 0.1) is 19.8 Å². The van der Waals surface area contributed by atoms with E-state index < -0.39 is 18.6 Å². The van der Waals surface area contributed by atoms with Crippen molar-refractivity contribution in [3.63, 3.8) is 0 Å². The molecule has 0 saturated heterocycles. The molecule has 0 amide bonds. The molecule has 33 heavy (non-hydrogen) atoms. The van der Waals surface area contributed by atoms with Gasteiger partial charge in [-0.05, 0) is 25.8 Å². The predicted molar refractivity (Wildman–Crippen MR) is 110 cm³/mol. The maximum atomic E-state index is 13.4. The van der Waals surface area contributed by atoms with E-state index in [0.717, 1.165) is 15.8 Å². The Labute approximate surface area is 185 Å². The maximum absolute atomic E-state index is 13.4. The highest BCUT2D eigenvalue weighted by molar-refractivity contribution is 5.94. The number of hydrogen-bond donors (Lipinski definition) is 0. The minimum Gasteiger partial charge on any atom is -0.361 e. The smallest absolute Gasteiger partial charge is 0.361 e. The van der Waals surface area contributed by atoms with E-state index in [1.54, 1.807) is 19.3 Å². The molecule has 1 fully saturated rings. The van der Waals surface area contributed by atoms with Crippen molar-refractivity contribution >= 4 is 11.0 Å². The van der Waals surface area contributed by atoms with Gasteiger partial charge in [0, 0.05) is 60.2 Å². The summed E-state index contributed by atoms with van der Waals surface area (Å²) in [6.45, 7) is 2.75. The van der Waals surface area contributed by atoms with Gasteiger partial charge in [-0.3, -0.25) is 9.67 Å². The van der Waals surface area contributed by atoms with Gasteiger partial charge in [-0.1, -0.05) is 5.16 Å². The van der Waals surface area contributed by atoms with Crippen molar-refractivity contribution in [2.75, 3.05) is 0 Å². The Hall–Kier alpha value is -3.24. The molecular weight excluding hydrogens is 445 g/mol. The Morgan fingerprint density at radius 1 is 1.12 bits per heavy atom. The molecule has 0 aliphatic heterocycles. The van der Waals surface area contributed by atoms with E-state index in [0.29, 0.717) is 40.2 Å². The number of fused-ring (bicyclic) bond motifs is 1. The van der Waals surface area contributed by atoms with Gasteiger partial charge < -0.3 is 9.09 Å². The van der Waals surface area contributed by atoms with Crippen molar-refractivity contribution in [3.05, 3.63) is 42.3 Å². The minimum atomic E-state index is -4.39. The molecule has 4 aromatic heterocycles. The summed E-state index contributed by atoms with van der Waals surface area (Å²) in [6.07, 6.45) is 1.29. The second-order valence-corrected chi connectivity index (χ2v) is 8.66. The molecule has 0 N–H and O–H groups in total. The third-order valence-electron chi connectivity index (χ3n) is 5.95. The molecule has 0 spiro atoms. The highest BCUT2D eigenvalue weighted by Gasteiger charge is 2.45. The Bertz CT molecular complexity index is 1310. The molecule has 11 heteroatoms. The lowest BCUT2D eigenvalue weighted by Crippen LogP contribution is -2.37. The lowest BCUT2D eigenvalue weighted by molar-refractivity contribution is -0.142. The third kappa shape index (κ3) is 4.11. The molecule has 6 nitrogen and oxygen atoms in total. The normalized spacial score (nSPS) is 16.5. The van der Waals surface area contributed by atoms with Gasteiger partial charge >= 0.3 is 6.18 Å². The predicted octanol–water partition coefficient (Wildman–Crippen LogP) is 5.78. The second-order valence-electron chi connectivity index (χ2n) is 8.66. The SMILES string of the molecule is Cc1noc(C)c1-c1cnc2c(-c3cnn(CC(F)(F)F)c3)cn(CC3CC(F)(F)C3)c2c1. The fourth-order valence-corrected chi connectivity index (χ4v) is 4.53. The Morgan fingerprint density at radius 3 is 2.52 bits per heavy atom. The van der Waals surface area contributed by atoms with E-state index in [4.69, 9.17) is 4.52 Å². The number of halogens is 5. The van der Waals surface area contributed by atoms with E-state index in [2.05, 4.69) is 15.2 Å². The molecule has 1 aliphatic carbocycles. The highest BCUT2D eigenvalue weighted by atomic mass is 19.4. The molecule has 0 unspecified atom stereocenters. The van der Waals surface area contributed by atoms with Crippen LogP contribution in [0.3, 0.4) is 0 Å². The van der Waals surface area contributed by atoms with Crippen molar-refractivity contribution in [3.8, 4) is 22.3 Å². The van der Waals surface area contributed by atoms with E-state index >= 15 is 0 Å². The molecule has 174 valence electrons. The van der Waals surface area contributed by atoms with Crippen molar-refractivity contribution in [1.82, 2.24) is 24.5 Å². The number of pyridine rings is 1. The quantitative estimate of drug-likeness (QED) is 0.351.